The molecule has 0 aliphatic rings. The molecule has 0 aliphatic heterocycles. The molecule has 0 radical (unpaired) electrons. The fourth-order valence-electron chi connectivity index (χ4n) is 2.32. The molecule has 0 saturated heterocycles. The van der Waals surface area contributed by atoms with Gasteiger partial charge in [-0.1, -0.05) is 13.8 Å². The molecule has 1 aromatic carbocycles. The fraction of sp³-hybridized carbons (Fsp3) is 0.471. The number of hydrogen-bond acceptors (Lipinski definition) is 4. The first kappa shape index (κ1) is 15.6. The minimum absolute atomic E-state index is 0.167. The number of anilines is 2. The second-order valence-corrected chi connectivity index (χ2v) is 6.35. The first-order chi connectivity index (χ1) is 9.91. The number of rotatable bonds is 6. The van der Waals surface area contributed by atoms with E-state index in [9.17, 15) is 0 Å². The predicted octanol–water partition coefficient (Wildman–Crippen LogP) is 3.60. The normalized spacial score (nSPS) is 11.8. The van der Waals surface area contributed by atoms with E-state index in [0.29, 0.717) is 0 Å². The fourth-order valence-corrected chi connectivity index (χ4v) is 2.32. The Labute approximate surface area is 126 Å². The van der Waals surface area contributed by atoms with Gasteiger partial charge in [0.15, 0.2) is 0 Å². The molecule has 1 heterocycles. The van der Waals surface area contributed by atoms with Crippen molar-refractivity contribution in [2.45, 2.75) is 27.2 Å². The Morgan fingerprint density at radius 2 is 2.05 bits per heavy atom. The number of methoxy groups -OCH3 is 1. The smallest absolute Gasteiger partial charge is 0.0727 e. The summed E-state index contributed by atoms with van der Waals surface area (Å²) in [4.78, 5) is 4.56. The maximum atomic E-state index is 5.91. The number of hydrogen-bond donors (Lipinski definition) is 2. The molecule has 2 aromatic rings. The van der Waals surface area contributed by atoms with Crippen molar-refractivity contribution in [2.75, 3.05) is 31.3 Å². The van der Waals surface area contributed by atoms with Crippen LogP contribution in [0, 0.1) is 12.3 Å². The van der Waals surface area contributed by atoms with Crippen molar-refractivity contribution in [3.63, 3.8) is 0 Å². The number of nitrogens with zero attached hydrogens (tertiary/aromatic N) is 1. The van der Waals surface area contributed by atoms with Crippen molar-refractivity contribution in [1.29, 1.82) is 0 Å². The van der Waals surface area contributed by atoms with Crippen molar-refractivity contribution >= 4 is 22.3 Å². The van der Waals surface area contributed by atoms with Gasteiger partial charge in [0.05, 0.1) is 5.52 Å². The highest BCUT2D eigenvalue weighted by atomic mass is 16.5. The zero-order chi connectivity index (χ0) is 15.5. The molecule has 1 aromatic heterocycles. The molecule has 0 bridgehead atoms. The Balaban J connectivity index is 2.23. The van der Waals surface area contributed by atoms with Crippen LogP contribution in [0.3, 0.4) is 0 Å². The predicted molar refractivity (Wildman–Crippen MR) is 89.7 cm³/mol. The number of nitrogens with one attached hydrogen (secondary N) is 1. The lowest BCUT2D eigenvalue weighted by Crippen LogP contribution is -2.24. The van der Waals surface area contributed by atoms with Crippen LogP contribution in [0.1, 0.15) is 26.0 Å². The minimum atomic E-state index is 0.167. The number of aromatic nitrogens is 1. The number of nitrogen functional groups attached to an aromatic ring is 1. The van der Waals surface area contributed by atoms with Gasteiger partial charge in [0, 0.05) is 42.7 Å². The lowest BCUT2D eigenvalue weighted by Gasteiger charge is -2.25. The summed E-state index contributed by atoms with van der Waals surface area (Å²) in [6.07, 6.45) is 1.01. The largest absolute Gasteiger partial charge is 0.399 e. The Bertz CT molecular complexity index is 623. The molecular weight excluding hydrogens is 262 g/mol. The maximum Gasteiger partial charge on any atom is 0.0727 e. The van der Waals surface area contributed by atoms with Gasteiger partial charge < -0.3 is 15.8 Å². The average molecular weight is 287 g/mol. The van der Waals surface area contributed by atoms with Gasteiger partial charge in [-0.15, -0.1) is 0 Å². The van der Waals surface area contributed by atoms with E-state index in [0.717, 1.165) is 47.5 Å². The first-order valence-corrected chi connectivity index (χ1v) is 7.31. The molecule has 0 amide bonds. The number of fused-ring (bicyclic) bond motifs is 1. The van der Waals surface area contributed by atoms with Crippen LogP contribution in [0.4, 0.5) is 11.4 Å². The van der Waals surface area contributed by atoms with E-state index in [1.54, 1.807) is 7.11 Å². The van der Waals surface area contributed by atoms with Crippen LogP contribution >= 0.6 is 0 Å². The summed E-state index contributed by atoms with van der Waals surface area (Å²) in [5, 5.41) is 4.63. The zero-order valence-electron chi connectivity index (χ0n) is 13.4. The molecule has 0 spiro atoms. The van der Waals surface area contributed by atoms with Crippen molar-refractivity contribution < 1.29 is 4.74 Å². The molecule has 2 rings (SSSR count). The van der Waals surface area contributed by atoms with Crippen LogP contribution in [0.15, 0.2) is 24.3 Å². The van der Waals surface area contributed by atoms with Crippen molar-refractivity contribution in [1.82, 2.24) is 4.98 Å². The molecule has 0 unspecified atom stereocenters. The van der Waals surface area contributed by atoms with E-state index in [-0.39, 0.29) is 5.41 Å². The van der Waals surface area contributed by atoms with Gasteiger partial charge in [-0.3, -0.25) is 4.98 Å². The van der Waals surface area contributed by atoms with Crippen LogP contribution in [-0.2, 0) is 4.74 Å². The van der Waals surface area contributed by atoms with Crippen molar-refractivity contribution in [2.24, 2.45) is 5.41 Å². The number of benzene rings is 1. The quantitative estimate of drug-likeness (QED) is 0.797. The standard InChI is InChI=1S/C17H25N3O/c1-12-9-16(19-11-17(2,3)7-8-21-4)14-10-13(18)5-6-15(14)20-12/h5-6,9-10H,7-8,11,18H2,1-4H3,(H,19,20). The maximum absolute atomic E-state index is 5.91. The average Bonchev–Trinajstić information content (AvgIpc) is 2.43. The second-order valence-electron chi connectivity index (χ2n) is 6.35. The van der Waals surface area contributed by atoms with Gasteiger partial charge >= 0.3 is 0 Å². The van der Waals surface area contributed by atoms with Gasteiger partial charge in [0.1, 0.15) is 0 Å². The van der Waals surface area contributed by atoms with Gasteiger partial charge in [0.25, 0.3) is 0 Å². The summed E-state index contributed by atoms with van der Waals surface area (Å²) in [7, 11) is 1.74. The van der Waals surface area contributed by atoms with Crippen LogP contribution in [0.5, 0.6) is 0 Å². The van der Waals surface area contributed by atoms with Crippen molar-refractivity contribution in [3.8, 4) is 0 Å². The van der Waals surface area contributed by atoms with Gasteiger partial charge in [0.2, 0.25) is 0 Å². The van der Waals surface area contributed by atoms with E-state index >= 15 is 0 Å². The molecule has 0 fully saturated rings. The molecule has 21 heavy (non-hydrogen) atoms. The van der Waals surface area contributed by atoms with E-state index in [2.05, 4.69) is 30.2 Å². The highest BCUT2D eigenvalue weighted by Gasteiger charge is 2.18. The minimum Gasteiger partial charge on any atom is -0.399 e. The summed E-state index contributed by atoms with van der Waals surface area (Å²) in [5.41, 5.74) is 9.90. The Kier molecular flexibility index (Phi) is 4.68. The summed E-state index contributed by atoms with van der Waals surface area (Å²) in [6.45, 7) is 8.14. The van der Waals surface area contributed by atoms with Crippen molar-refractivity contribution in [3.05, 3.63) is 30.0 Å². The van der Waals surface area contributed by atoms with Crippen LogP contribution in [0.25, 0.3) is 10.9 Å². The molecule has 3 N–H and O–H groups in total. The van der Waals surface area contributed by atoms with E-state index in [1.807, 2.05) is 25.1 Å². The topological polar surface area (TPSA) is 60.2 Å². The molecule has 0 atom stereocenters. The van der Waals surface area contributed by atoms with Gasteiger partial charge in [-0.05, 0) is 43.0 Å². The summed E-state index contributed by atoms with van der Waals surface area (Å²) >= 11 is 0. The Hall–Kier alpha value is -1.81. The van der Waals surface area contributed by atoms with E-state index in [4.69, 9.17) is 10.5 Å². The third-order valence-electron chi connectivity index (χ3n) is 3.70. The molecule has 0 saturated carbocycles. The summed E-state index contributed by atoms with van der Waals surface area (Å²) in [5.74, 6) is 0. The molecule has 4 heteroatoms. The highest BCUT2D eigenvalue weighted by molar-refractivity contribution is 5.93. The number of pyridine rings is 1. The van der Waals surface area contributed by atoms with Crippen LogP contribution < -0.4 is 11.1 Å². The second kappa shape index (κ2) is 6.31. The Morgan fingerprint density at radius 3 is 2.76 bits per heavy atom. The third-order valence-corrected chi connectivity index (χ3v) is 3.70. The van der Waals surface area contributed by atoms with E-state index < -0.39 is 0 Å². The first-order valence-electron chi connectivity index (χ1n) is 7.31. The van der Waals surface area contributed by atoms with Gasteiger partial charge in [-0.2, -0.15) is 0 Å². The lowest BCUT2D eigenvalue weighted by molar-refractivity contribution is 0.157. The molecular formula is C17H25N3O. The molecule has 0 aliphatic carbocycles. The monoisotopic (exact) mass is 287 g/mol. The molecule has 4 nitrogen and oxygen atoms in total. The third kappa shape index (κ3) is 4.08. The lowest BCUT2D eigenvalue weighted by atomic mass is 9.89. The van der Waals surface area contributed by atoms with E-state index in [1.165, 1.54) is 0 Å². The molecule has 114 valence electrons. The number of nitrogens with two attached hydrogens (primary N) is 1. The summed E-state index contributed by atoms with van der Waals surface area (Å²) in [6, 6.07) is 7.92. The van der Waals surface area contributed by atoms with Crippen LogP contribution in [0.2, 0.25) is 0 Å². The van der Waals surface area contributed by atoms with Crippen LogP contribution in [-0.4, -0.2) is 25.2 Å². The number of ether oxygens (including phenoxy) is 1. The zero-order valence-corrected chi connectivity index (χ0v) is 13.4. The highest BCUT2D eigenvalue weighted by Crippen LogP contribution is 2.27. The van der Waals surface area contributed by atoms with Gasteiger partial charge in [-0.25, -0.2) is 0 Å². The number of aryl methyl sites for hydroxylation is 1. The Morgan fingerprint density at radius 1 is 1.29 bits per heavy atom. The summed E-state index contributed by atoms with van der Waals surface area (Å²) < 4.78 is 5.18. The SMILES string of the molecule is COCCC(C)(C)CNc1cc(C)nc2ccc(N)cc12.